The molecule has 0 saturated heterocycles. The van der Waals surface area contributed by atoms with E-state index in [-0.39, 0.29) is 0 Å². The van der Waals surface area contributed by atoms with Gasteiger partial charge in [-0.05, 0) is 6.92 Å². The zero-order valence-electron chi connectivity index (χ0n) is 21.9. The summed E-state index contributed by atoms with van der Waals surface area (Å²) in [7, 11) is 0. The molecule has 2 aliphatic rings. The molecule has 8 aromatic rings. The lowest BCUT2D eigenvalue weighted by atomic mass is 10.1. The van der Waals surface area contributed by atoms with Crippen molar-refractivity contribution in [2.45, 2.75) is 6.92 Å². The third-order valence-electron chi connectivity index (χ3n) is 8.45. The van der Waals surface area contributed by atoms with Crippen LogP contribution in [0, 0.1) is 6.92 Å². The van der Waals surface area contributed by atoms with Gasteiger partial charge in [-0.1, -0.05) is 97.1 Å². The van der Waals surface area contributed by atoms with E-state index in [9.17, 15) is 0 Å². The standard InChI is InChI=1S/C34H19N7/c1-18-27-19-10-2-3-11-20(19)28(18)36-32-24-15-7-9-17-26(24)34-39-30-22-13-5-4-12-21(22)29(37-30)38-33-25-16-8-6-14-23(25)31(35-27)40(33)41(32)34/h2-17H,1H3. The van der Waals surface area contributed by atoms with Crippen molar-refractivity contribution < 1.29 is 0 Å². The minimum Gasteiger partial charge on any atom is -0.228 e. The largest absolute Gasteiger partial charge is 0.228 e. The number of aromatic nitrogens is 7. The highest BCUT2D eigenvalue weighted by molar-refractivity contribution is 6.09. The summed E-state index contributed by atoms with van der Waals surface area (Å²) in [6.07, 6.45) is 0. The average Bonchev–Trinajstić information content (AvgIpc) is 3.71. The SMILES string of the molecule is Cc1c2nc3c4ccccc4c4nc5nc(nc6c7ccccc7c(nc1-c1ccccc1-2)n6n43)-c1ccccc1-5. The highest BCUT2D eigenvalue weighted by Gasteiger charge is 2.26. The molecule has 0 N–H and O–H groups in total. The second-order valence-electron chi connectivity index (χ2n) is 10.6. The lowest BCUT2D eigenvalue weighted by molar-refractivity contribution is 0.885. The number of nitrogens with zero attached hydrogens (tertiary/aromatic N) is 7. The molecule has 0 spiro atoms. The number of hydrogen-bond donors (Lipinski definition) is 0. The molecule has 0 radical (unpaired) electrons. The quantitative estimate of drug-likeness (QED) is 0.207. The Kier molecular flexibility index (Phi) is 3.76. The second-order valence-corrected chi connectivity index (χ2v) is 10.6. The highest BCUT2D eigenvalue weighted by Crippen LogP contribution is 2.43. The van der Waals surface area contributed by atoms with Crippen LogP contribution in [0.2, 0.25) is 0 Å². The third kappa shape index (κ3) is 2.56. The maximum absolute atomic E-state index is 5.44. The van der Waals surface area contributed by atoms with Crippen LogP contribution in [0.15, 0.2) is 97.1 Å². The van der Waals surface area contributed by atoms with Crippen LogP contribution >= 0.6 is 0 Å². The summed E-state index contributed by atoms with van der Waals surface area (Å²) in [5.41, 5.74) is 10.1. The molecule has 7 nitrogen and oxygen atoms in total. The summed E-state index contributed by atoms with van der Waals surface area (Å²) < 4.78 is 4.19. The van der Waals surface area contributed by atoms with Crippen molar-refractivity contribution in [3.8, 4) is 45.3 Å². The predicted octanol–water partition coefficient (Wildman–Crippen LogP) is 7.35. The molecule has 4 aromatic heterocycles. The zero-order chi connectivity index (χ0) is 26.8. The van der Waals surface area contributed by atoms with Crippen molar-refractivity contribution in [1.82, 2.24) is 34.0 Å². The van der Waals surface area contributed by atoms with Crippen LogP contribution in [-0.4, -0.2) is 34.0 Å². The first kappa shape index (κ1) is 21.2. The summed E-state index contributed by atoms with van der Waals surface area (Å²) in [4.78, 5) is 26.4. The van der Waals surface area contributed by atoms with Crippen LogP contribution in [0.1, 0.15) is 5.56 Å². The van der Waals surface area contributed by atoms with Crippen molar-refractivity contribution in [3.63, 3.8) is 0 Å². The van der Waals surface area contributed by atoms with E-state index in [4.69, 9.17) is 24.9 Å². The minimum absolute atomic E-state index is 0.649. The van der Waals surface area contributed by atoms with Crippen molar-refractivity contribution in [2.75, 3.05) is 0 Å². The molecule has 190 valence electrons. The van der Waals surface area contributed by atoms with E-state index >= 15 is 0 Å². The Morgan fingerprint density at radius 3 is 1.15 bits per heavy atom. The molecule has 5 heterocycles. The maximum Gasteiger partial charge on any atom is 0.164 e. The van der Waals surface area contributed by atoms with Gasteiger partial charge in [-0.3, -0.25) is 0 Å². The molecular weight excluding hydrogens is 506 g/mol. The van der Waals surface area contributed by atoms with E-state index in [1.165, 1.54) is 0 Å². The molecule has 10 rings (SSSR count). The molecule has 7 heteroatoms. The minimum atomic E-state index is 0.649. The Morgan fingerprint density at radius 1 is 0.390 bits per heavy atom. The Bertz CT molecular complexity index is 2380. The van der Waals surface area contributed by atoms with Crippen LogP contribution in [0.4, 0.5) is 0 Å². The number of benzene rings is 4. The van der Waals surface area contributed by atoms with Crippen LogP contribution in [0.5, 0.6) is 0 Å². The summed E-state index contributed by atoms with van der Waals surface area (Å²) in [5.74, 6) is 1.30. The van der Waals surface area contributed by atoms with Gasteiger partial charge in [-0.2, -0.15) is 0 Å². The fourth-order valence-electron chi connectivity index (χ4n) is 6.59. The predicted molar refractivity (Wildman–Crippen MR) is 161 cm³/mol. The van der Waals surface area contributed by atoms with Gasteiger partial charge in [-0.15, -0.1) is 0 Å². The lowest BCUT2D eigenvalue weighted by Gasteiger charge is -2.04. The molecule has 1 aliphatic carbocycles. The van der Waals surface area contributed by atoms with Crippen molar-refractivity contribution >= 4 is 44.1 Å². The fraction of sp³-hybridized carbons (Fsp3) is 0.0294. The molecule has 41 heavy (non-hydrogen) atoms. The maximum atomic E-state index is 5.44. The summed E-state index contributed by atoms with van der Waals surface area (Å²) in [5, 5.41) is 3.99. The van der Waals surface area contributed by atoms with Gasteiger partial charge < -0.3 is 0 Å². The lowest BCUT2D eigenvalue weighted by Crippen LogP contribution is -2.02. The topological polar surface area (TPSA) is 73.3 Å². The summed E-state index contributed by atoms with van der Waals surface area (Å²) in [6.45, 7) is 2.12. The van der Waals surface area contributed by atoms with Crippen molar-refractivity contribution in [1.29, 1.82) is 0 Å². The van der Waals surface area contributed by atoms with Crippen molar-refractivity contribution in [2.24, 2.45) is 0 Å². The van der Waals surface area contributed by atoms with E-state index < -0.39 is 0 Å². The van der Waals surface area contributed by atoms with Gasteiger partial charge in [0.2, 0.25) is 0 Å². The van der Waals surface area contributed by atoms with Gasteiger partial charge >= 0.3 is 0 Å². The molecule has 0 amide bonds. The normalized spacial score (nSPS) is 12.5. The van der Waals surface area contributed by atoms with Gasteiger partial charge in [0.15, 0.2) is 34.2 Å². The first-order chi connectivity index (χ1) is 20.3. The van der Waals surface area contributed by atoms with E-state index in [1.807, 2.05) is 24.3 Å². The molecular formula is C34H19N7. The van der Waals surface area contributed by atoms with E-state index in [2.05, 4.69) is 88.8 Å². The van der Waals surface area contributed by atoms with Crippen LogP contribution < -0.4 is 0 Å². The first-order valence-corrected chi connectivity index (χ1v) is 13.6. The third-order valence-corrected chi connectivity index (χ3v) is 8.45. The Morgan fingerprint density at radius 2 is 0.732 bits per heavy atom. The molecule has 1 aliphatic heterocycles. The average molecular weight is 526 g/mol. The number of rotatable bonds is 0. The molecule has 4 aromatic carbocycles. The highest BCUT2D eigenvalue weighted by atomic mass is 15.4. The fourth-order valence-corrected chi connectivity index (χ4v) is 6.59. The van der Waals surface area contributed by atoms with Gasteiger partial charge in [0.1, 0.15) is 0 Å². The molecule has 0 saturated carbocycles. The molecule has 0 atom stereocenters. The molecule has 0 fully saturated rings. The first-order valence-electron chi connectivity index (χ1n) is 13.6. The Balaban J connectivity index is 1.62. The van der Waals surface area contributed by atoms with E-state index in [0.717, 1.165) is 83.3 Å². The zero-order valence-corrected chi connectivity index (χ0v) is 21.9. The van der Waals surface area contributed by atoms with Crippen LogP contribution in [0.25, 0.3) is 89.4 Å². The van der Waals surface area contributed by atoms with Crippen molar-refractivity contribution in [3.05, 3.63) is 103 Å². The monoisotopic (exact) mass is 525 g/mol. The van der Waals surface area contributed by atoms with E-state index in [0.29, 0.717) is 11.6 Å². The van der Waals surface area contributed by atoms with E-state index in [1.54, 1.807) is 0 Å². The number of fused-ring (bicyclic) bond motifs is 16. The number of hydrogen-bond acceptors (Lipinski definition) is 5. The van der Waals surface area contributed by atoms with Gasteiger partial charge in [0.05, 0.1) is 11.4 Å². The summed E-state index contributed by atoms with van der Waals surface area (Å²) >= 11 is 0. The molecule has 4 bridgehead atoms. The smallest absolute Gasteiger partial charge is 0.164 e. The van der Waals surface area contributed by atoms with Crippen LogP contribution in [-0.2, 0) is 0 Å². The van der Waals surface area contributed by atoms with Gasteiger partial charge in [0.25, 0.3) is 0 Å². The second kappa shape index (κ2) is 7.28. The van der Waals surface area contributed by atoms with Crippen LogP contribution in [0.3, 0.4) is 0 Å². The molecule has 0 unspecified atom stereocenters. The Hall–Kier alpha value is -5.69. The Labute approximate surface area is 232 Å². The van der Waals surface area contributed by atoms with Gasteiger partial charge in [-0.25, -0.2) is 34.0 Å². The van der Waals surface area contributed by atoms with Gasteiger partial charge in [0, 0.05) is 49.4 Å². The summed E-state index contributed by atoms with van der Waals surface area (Å²) in [6, 6.07) is 33.2.